The van der Waals surface area contributed by atoms with Crippen molar-refractivity contribution in [3.8, 4) is 0 Å². The fraction of sp³-hybridized carbons (Fsp3) is 0.286. The van der Waals surface area contributed by atoms with E-state index in [2.05, 4.69) is 4.98 Å². The number of nitrogens with zero attached hydrogens (tertiary/aromatic N) is 1. The maximum Gasteiger partial charge on any atom is 0.281 e. The van der Waals surface area contributed by atoms with Crippen molar-refractivity contribution < 1.29 is 13.2 Å². The summed E-state index contributed by atoms with van der Waals surface area (Å²) in [7, 11) is 0. The quantitative estimate of drug-likeness (QED) is 0.813. The molecule has 0 aromatic carbocycles. The lowest BCUT2D eigenvalue weighted by atomic mass is 10.2. The molecule has 0 radical (unpaired) electrons. The van der Waals surface area contributed by atoms with Crippen molar-refractivity contribution in [1.29, 1.82) is 0 Å². The molecule has 0 aliphatic rings. The average molecular weight is 211 g/mol. The smallest absolute Gasteiger partial charge is 0.281 e. The zero-order valence-corrected chi connectivity index (χ0v) is 7.15. The van der Waals surface area contributed by atoms with Gasteiger partial charge in [-0.1, -0.05) is 11.6 Å². The van der Waals surface area contributed by atoms with Gasteiger partial charge >= 0.3 is 0 Å². The zero-order chi connectivity index (χ0) is 10.0. The third-order valence-electron chi connectivity index (χ3n) is 1.49. The van der Waals surface area contributed by atoms with E-state index in [0.717, 1.165) is 6.20 Å². The maximum absolute atomic E-state index is 13.0. The molecule has 0 bridgehead atoms. The minimum absolute atomic E-state index is 0.0226. The van der Waals surface area contributed by atoms with Crippen molar-refractivity contribution in [3.05, 3.63) is 28.3 Å². The van der Waals surface area contributed by atoms with E-state index in [1.807, 2.05) is 0 Å². The van der Waals surface area contributed by atoms with Gasteiger partial charge in [-0.05, 0) is 0 Å². The standard InChI is InChI=1S/C7H6ClF3N2/c8-4-5(9)3(1-12)2-13-6(4)7(10)11/h2,7H,1,12H2. The Hall–Kier alpha value is -0.810. The van der Waals surface area contributed by atoms with E-state index < -0.39 is 23.0 Å². The van der Waals surface area contributed by atoms with E-state index in [1.165, 1.54) is 0 Å². The van der Waals surface area contributed by atoms with Crippen LogP contribution in [0.1, 0.15) is 17.7 Å². The molecule has 1 rings (SSSR count). The SMILES string of the molecule is NCc1cnc(C(F)F)c(Cl)c1F. The van der Waals surface area contributed by atoms with Crippen molar-refractivity contribution in [2.24, 2.45) is 5.73 Å². The highest BCUT2D eigenvalue weighted by atomic mass is 35.5. The lowest BCUT2D eigenvalue weighted by Gasteiger charge is -2.05. The molecule has 0 aliphatic carbocycles. The maximum atomic E-state index is 13.0. The Balaban J connectivity index is 3.23. The number of halogens is 4. The highest BCUT2D eigenvalue weighted by Gasteiger charge is 2.18. The van der Waals surface area contributed by atoms with Gasteiger partial charge in [-0.15, -0.1) is 0 Å². The zero-order valence-electron chi connectivity index (χ0n) is 6.40. The number of nitrogens with two attached hydrogens (primary N) is 1. The molecule has 2 N–H and O–H groups in total. The molecule has 6 heteroatoms. The fourth-order valence-electron chi connectivity index (χ4n) is 0.809. The predicted molar refractivity (Wildman–Crippen MR) is 42.1 cm³/mol. The van der Waals surface area contributed by atoms with Crippen molar-refractivity contribution in [3.63, 3.8) is 0 Å². The van der Waals surface area contributed by atoms with Crippen LogP contribution in [0, 0.1) is 5.82 Å². The Kier molecular flexibility index (Phi) is 3.11. The minimum Gasteiger partial charge on any atom is -0.326 e. The molecule has 0 fully saturated rings. The van der Waals surface area contributed by atoms with E-state index in [4.69, 9.17) is 17.3 Å². The van der Waals surface area contributed by atoms with Gasteiger partial charge in [-0.3, -0.25) is 4.98 Å². The lowest BCUT2D eigenvalue weighted by Crippen LogP contribution is -2.04. The Labute approximate surface area is 77.5 Å². The summed E-state index contributed by atoms with van der Waals surface area (Å²) in [6.45, 7) is -0.123. The van der Waals surface area contributed by atoms with Gasteiger partial charge in [-0.2, -0.15) is 0 Å². The van der Waals surface area contributed by atoms with Crippen LogP contribution >= 0.6 is 11.6 Å². The number of aromatic nitrogens is 1. The topological polar surface area (TPSA) is 38.9 Å². The van der Waals surface area contributed by atoms with Crippen LogP contribution in [-0.4, -0.2) is 4.98 Å². The number of hydrogen-bond acceptors (Lipinski definition) is 2. The van der Waals surface area contributed by atoms with Gasteiger partial charge < -0.3 is 5.73 Å². The predicted octanol–water partition coefficient (Wildman–Crippen LogP) is 2.27. The van der Waals surface area contributed by atoms with Crippen molar-refractivity contribution in [2.45, 2.75) is 13.0 Å². The first-order chi connectivity index (χ1) is 6.07. The molecule has 0 saturated heterocycles. The van der Waals surface area contributed by atoms with Crippen LogP contribution in [0.15, 0.2) is 6.20 Å². The normalized spacial score (nSPS) is 10.9. The van der Waals surface area contributed by atoms with Crippen LogP contribution in [0.25, 0.3) is 0 Å². The summed E-state index contributed by atoms with van der Waals surface area (Å²) in [4.78, 5) is 3.31. The van der Waals surface area contributed by atoms with Gasteiger partial charge in [0.15, 0.2) is 0 Å². The highest BCUT2D eigenvalue weighted by molar-refractivity contribution is 6.31. The van der Waals surface area contributed by atoms with E-state index >= 15 is 0 Å². The number of hydrogen-bond donors (Lipinski definition) is 1. The van der Waals surface area contributed by atoms with Gasteiger partial charge in [0.25, 0.3) is 6.43 Å². The average Bonchev–Trinajstić information content (AvgIpc) is 2.09. The fourth-order valence-corrected chi connectivity index (χ4v) is 1.06. The summed E-state index contributed by atoms with van der Waals surface area (Å²) in [6, 6.07) is 0. The Morgan fingerprint density at radius 1 is 1.54 bits per heavy atom. The van der Waals surface area contributed by atoms with Crippen LogP contribution in [-0.2, 0) is 6.54 Å². The second-order valence-corrected chi connectivity index (χ2v) is 2.68. The van der Waals surface area contributed by atoms with Gasteiger partial charge in [-0.25, -0.2) is 13.2 Å². The molecular formula is C7H6ClF3N2. The molecule has 1 aromatic rings. The van der Waals surface area contributed by atoms with Crippen LogP contribution in [0.3, 0.4) is 0 Å². The Bertz CT molecular complexity index is 317. The van der Waals surface area contributed by atoms with Crippen LogP contribution in [0.4, 0.5) is 13.2 Å². The molecule has 0 unspecified atom stereocenters. The summed E-state index contributed by atoms with van der Waals surface area (Å²) < 4.78 is 37.2. The molecular weight excluding hydrogens is 205 g/mol. The molecule has 1 heterocycles. The minimum atomic E-state index is -2.88. The first-order valence-corrected chi connectivity index (χ1v) is 3.76. The molecule has 0 spiro atoms. The Morgan fingerprint density at radius 3 is 2.62 bits per heavy atom. The highest BCUT2D eigenvalue weighted by Crippen LogP contribution is 2.28. The monoisotopic (exact) mass is 210 g/mol. The molecule has 13 heavy (non-hydrogen) atoms. The second-order valence-electron chi connectivity index (χ2n) is 2.30. The van der Waals surface area contributed by atoms with E-state index in [-0.39, 0.29) is 12.1 Å². The third-order valence-corrected chi connectivity index (χ3v) is 1.85. The van der Waals surface area contributed by atoms with Crippen molar-refractivity contribution in [2.75, 3.05) is 0 Å². The van der Waals surface area contributed by atoms with E-state index in [1.54, 1.807) is 0 Å². The first-order valence-electron chi connectivity index (χ1n) is 3.39. The summed E-state index contributed by atoms with van der Waals surface area (Å²) in [5.74, 6) is -0.922. The molecule has 0 amide bonds. The number of rotatable bonds is 2. The number of alkyl halides is 2. The second kappa shape index (κ2) is 3.93. The van der Waals surface area contributed by atoms with Crippen molar-refractivity contribution >= 4 is 11.6 Å². The van der Waals surface area contributed by atoms with Gasteiger partial charge in [0.2, 0.25) is 0 Å². The summed E-state index contributed by atoms with van der Waals surface area (Å²) in [5.41, 5.74) is 4.39. The lowest BCUT2D eigenvalue weighted by molar-refractivity contribution is 0.145. The van der Waals surface area contributed by atoms with Gasteiger partial charge in [0.1, 0.15) is 16.5 Å². The summed E-state index contributed by atoms with van der Waals surface area (Å²) >= 11 is 5.30. The summed E-state index contributed by atoms with van der Waals surface area (Å²) in [6.07, 6.45) is -1.92. The summed E-state index contributed by atoms with van der Waals surface area (Å²) in [5, 5.41) is -0.655. The van der Waals surface area contributed by atoms with Crippen molar-refractivity contribution in [1.82, 2.24) is 4.98 Å². The largest absolute Gasteiger partial charge is 0.326 e. The van der Waals surface area contributed by atoms with Crippen LogP contribution < -0.4 is 5.73 Å². The van der Waals surface area contributed by atoms with E-state index in [0.29, 0.717) is 0 Å². The van der Waals surface area contributed by atoms with Crippen LogP contribution in [0.2, 0.25) is 5.02 Å². The van der Waals surface area contributed by atoms with Gasteiger partial charge in [0.05, 0.1) is 0 Å². The first kappa shape index (κ1) is 10.3. The molecule has 0 atom stereocenters. The molecule has 1 aromatic heterocycles. The molecule has 0 aliphatic heterocycles. The number of pyridine rings is 1. The molecule has 72 valence electrons. The van der Waals surface area contributed by atoms with Crippen LogP contribution in [0.5, 0.6) is 0 Å². The Morgan fingerprint density at radius 2 is 2.15 bits per heavy atom. The third kappa shape index (κ3) is 1.92. The molecule has 0 saturated carbocycles. The molecule has 2 nitrogen and oxygen atoms in total. The van der Waals surface area contributed by atoms with E-state index in [9.17, 15) is 13.2 Å². The van der Waals surface area contributed by atoms with Gasteiger partial charge in [0, 0.05) is 18.3 Å².